The summed E-state index contributed by atoms with van der Waals surface area (Å²) in [7, 11) is 0. The number of amides is 2. The van der Waals surface area contributed by atoms with E-state index >= 15 is 0 Å². The van der Waals surface area contributed by atoms with Crippen LogP contribution in [0.5, 0.6) is 0 Å². The molecule has 4 aromatic rings. The molecule has 0 unspecified atom stereocenters. The van der Waals surface area contributed by atoms with E-state index < -0.39 is 0 Å². The number of rotatable bonds is 7. The second-order valence-corrected chi connectivity index (χ2v) is 8.17. The number of carbonyl (C=O) groups excluding carboxylic acids is 2. The zero-order valence-electron chi connectivity index (χ0n) is 17.7. The van der Waals surface area contributed by atoms with Gasteiger partial charge in [-0.25, -0.2) is 4.98 Å². The molecule has 160 valence electrons. The number of hydrogen-bond donors (Lipinski definition) is 1. The largest absolute Gasteiger partial charge is 0.326 e. The average Bonchev–Trinajstić information content (AvgIpc) is 3.30. The van der Waals surface area contributed by atoms with Gasteiger partial charge in [0.1, 0.15) is 0 Å². The van der Waals surface area contributed by atoms with Gasteiger partial charge in [0.2, 0.25) is 5.91 Å². The Morgan fingerprint density at radius 3 is 2.22 bits per heavy atom. The highest BCUT2D eigenvalue weighted by Gasteiger charge is 2.21. The molecule has 32 heavy (non-hydrogen) atoms. The molecule has 0 saturated heterocycles. The van der Waals surface area contributed by atoms with Crippen LogP contribution in [0.25, 0.3) is 11.3 Å². The first-order valence-corrected chi connectivity index (χ1v) is 11.2. The Labute approximate surface area is 191 Å². The van der Waals surface area contributed by atoms with Crippen LogP contribution in [-0.2, 0) is 11.2 Å². The first kappa shape index (κ1) is 21.5. The molecule has 0 bridgehead atoms. The van der Waals surface area contributed by atoms with E-state index in [1.165, 1.54) is 18.3 Å². The number of aromatic nitrogens is 1. The van der Waals surface area contributed by atoms with Crippen LogP contribution in [0.2, 0.25) is 0 Å². The van der Waals surface area contributed by atoms with Crippen LogP contribution in [-0.4, -0.2) is 23.3 Å². The Morgan fingerprint density at radius 2 is 1.56 bits per heavy atom. The molecule has 6 heteroatoms. The van der Waals surface area contributed by atoms with E-state index in [2.05, 4.69) is 17.4 Å². The molecule has 0 aliphatic carbocycles. The maximum atomic E-state index is 13.5. The Bertz CT molecular complexity index is 1190. The van der Waals surface area contributed by atoms with Crippen LogP contribution in [0.15, 0.2) is 90.3 Å². The molecule has 3 aromatic carbocycles. The number of nitrogens with zero attached hydrogens (tertiary/aromatic N) is 2. The zero-order chi connectivity index (χ0) is 22.3. The molecule has 5 nitrogen and oxygen atoms in total. The van der Waals surface area contributed by atoms with Crippen molar-refractivity contribution in [1.29, 1.82) is 0 Å². The quantitative estimate of drug-likeness (QED) is 0.403. The van der Waals surface area contributed by atoms with Crippen LogP contribution >= 0.6 is 11.3 Å². The molecule has 0 atom stereocenters. The third kappa shape index (κ3) is 5.28. The normalized spacial score (nSPS) is 10.5. The van der Waals surface area contributed by atoms with E-state index in [0.29, 0.717) is 22.9 Å². The van der Waals surface area contributed by atoms with Crippen molar-refractivity contribution in [1.82, 2.24) is 4.98 Å². The SMILES string of the molecule is CC(=O)Nc1ccc(C(=O)N(CCc2ccccc2)c2nc(-c3ccccc3)cs2)cc1. The van der Waals surface area contributed by atoms with Crippen LogP contribution in [0, 0.1) is 0 Å². The number of carbonyl (C=O) groups is 2. The average molecular weight is 442 g/mol. The van der Waals surface area contributed by atoms with Gasteiger partial charge < -0.3 is 5.32 Å². The summed E-state index contributed by atoms with van der Waals surface area (Å²) < 4.78 is 0. The minimum atomic E-state index is -0.148. The molecular weight excluding hydrogens is 418 g/mol. The summed E-state index contributed by atoms with van der Waals surface area (Å²) in [6.45, 7) is 1.97. The molecule has 1 aromatic heterocycles. The fourth-order valence-electron chi connectivity index (χ4n) is 3.35. The number of nitrogens with one attached hydrogen (secondary N) is 1. The van der Waals surface area contributed by atoms with Gasteiger partial charge in [0.25, 0.3) is 5.91 Å². The summed E-state index contributed by atoms with van der Waals surface area (Å²) in [4.78, 5) is 31.2. The number of thiazole rings is 1. The molecule has 0 radical (unpaired) electrons. The molecule has 2 amide bonds. The Balaban J connectivity index is 1.60. The van der Waals surface area contributed by atoms with Crippen molar-refractivity contribution in [3.63, 3.8) is 0 Å². The predicted molar refractivity (Wildman–Crippen MR) is 130 cm³/mol. The monoisotopic (exact) mass is 441 g/mol. The molecule has 0 aliphatic rings. The lowest BCUT2D eigenvalue weighted by atomic mass is 10.1. The maximum absolute atomic E-state index is 13.5. The molecule has 1 N–H and O–H groups in total. The highest BCUT2D eigenvalue weighted by molar-refractivity contribution is 7.14. The lowest BCUT2D eigenvalue weighted by Crippen LogP contribution is -2.33. The van der Waals surface area contributed by atoms with E-state index in [9.17, 15) is 9.59 Å². The summed E-state index contributed by atoms with van der Waals surface area (Å²) in [5.74, 6) is -0.269. The molecule has 0 saturated carbocycles. The van der Waals surface area contributed by atoms with Gasteiger partial charge in [-0.15, -0.1) is 11.3 Å². The summed E-state index contributed by atoms with van der Waals surface area (Å²) in [6.07, 6.45) is 0.719. The van der Waals surface area contributed by atoms with Gasteiger partial charge in [-0.1, -0.05) is 60.7 Å². The van der Waals surface area contributed by atoms with Crippen molar-refractivity contribution in [2.75, 3.05) is 16.8 Å². The summed E-state index contributed by atoms with van der Waals surface area (Å²) >= 11 is 1.46. The molecule has 0 spiro atoms. The lowest BCUT2D eigenvalue weighted by molar-refractivity contribution is -0.114. The summed E-state index contributed by atoms with van der Waals surface area (Å²) in [5.41, 5.74) is 4.23. The molecule has 4 rings (SSSR count). The van der Waals surface area contributed by atoms with Crippen molar-refractivity contribution < 1.29 is 9.59 Å². The Kier molecular flexibility index (Phi) is 6.72. The maximum Gasteiger partial charge on any atom is 0.260 e. The van der Waals surface area contributed by atoms with E-state index in [4.69, 9.17) is 4.98 Å². The van der Waals surface area contributed by atoms with E-state index in [-0.39, 0.29) is 11.8 Å². The van der Waals surface area contributed by atoms with E-state index in [0.717, 1.165) is 23.2 Å². The van der Waals surface area contributed by atoms with Crippen molar-refractivity contribution >= 4 is 34.0 Å². The van der Waals surface area contributed by atoms with Crippen LogP contribution in [0.4, 0.5) is 10.8 Å². The molecule has 1 heterocycles. The fraction of sp³-hybridized carbons (Fsp3) is 0.115. The second-order valence-electron chi connectivity index (χ2n) is 7.33. The smallest absolute Gasteiger partial charge is 0.260 e. The minimum Gasteiger partial charge on any atom is -0.326 e. The highest BCUT2D eigenvalue weighted by Crippen LogP contribution is 2.29. The third-order valence-electron chi connectivity index (χ3n) is 4.96. The van der Waals surface area contributed by atoms with Crippen molar-refractivity contribution in [3.05, 3.63) is 101 Å². The second kappa shape index (κ2) is 10.0. The van der Waals surface area contributed by atoms with Crippen LogP contribution in [0.1, 0.15) is 22.8 Å². The number of benzene rings is 3. The number of hydrogen-bond acceptors (Lipinski definition) is 4. The molecule has 0 fully saturated rings. The van der Waals surface area contributed by atoms with Crippen molar-refractivity contribution in [2.24, 2.45) is 0 Å². The topological polar surface area (TPSA) is 62.3 Å². The molecule has 0 aliphatic heterocycles. The van der Waals surface area contributed by atoms with Gasteiger partial charge in [0.05, 0.1) is 5.69 Å². The lowest BCUT2D eigenvalue weighted by Gasteiger charge is -2.20. The van der Waals surface area contributed by atoms with Gasteiger partial charge >= 0.3 is 0 Å². The highest BCUT2D eigenvalue weighted by atomic mass is 32.1. The fourth-order valence-corrected chi connectivity index (χ4v) is 4.21. The predicted octanol–water partition coefficient (Wildman–Crippen LogP) is 5.66. The van der Waals surface area contributed by atoms with Gasteiger partial charge in [-0.3, -0.25) is 14.5 Å². The van der Waals surface area contributed by atoms with Crippen LogP contribution in [0.3, 0.4) is 0 Å². The summed E-state index contributed by atoms with van der Waals surface area (Å²) in [5, 5.41) is 5.37. The van der Waals surface area contributed by atoms with Crippen molar-refractivity contribution in [2.45, 2.75) is 13.3 Å². The van der Waals surface area contributed by atoms with Gasteiger partial charge in [-0.2, -0.15) is 0 Å². The number of anilines is 2. The first-order chi connectivity index (χ1) is 15.6. The van der Waals surface area contributed by atoms with Crippen molar-refractivity contribution in [3.8, 4) is 11.3 Å². The first-order valence-electron chi connectivity index (χ1n) is 10.3. The Hall–Kier alpha value is -3.77. The Morgan fingerprint density at radius 1 is 0.906 bits per heavy atom. The zero-order valence-corrected chi connectivity index (χ0v) is 18.5. The van der Waals surface area contributed by atoms with E-state index in [1.54, 1.807) is 29.2 Å². The third-order valence-corrected chi connectivity index (χ3v) is 5.82. The van der Waals surface area contributed by atoms with Gasteiger partial charge in [0.15, 0.2) is 5.13 Å². The van der Waals surface area contributed by atoms with E-state index in [1.807, 2.05) is 53.9 Å². The standard InChI is InChI=1S/C26H23N3O2S/c1-19(30)27-23-14-12-22(13-15-23)25(31)29(17-16-20-8-4-2-5-9-20)26-28-24(18-32-26)21-10-6-3-7-11-21/h2-15,18H,16-17H2,1H3,(H,27,30). The summed E-state index contributed by atoms with van der Waals surface area (Å²) in [6, 6.07) is 27.0. The van der Waals surface area contributed by atoms with Gasteiger partial charge in [0, 0.05) is 35.7 Å². The molecular formula is C26H23N3O2S. The minimum absolute atomic E-state index is 0.121. The van der Waals surface area contributed by atoms with Crippen LogP contribution < -0.4 is 10.2 Å². The van der Waals surface area contributed by atoms with Gasteiger partial charge in [-0.05, 0) is 36.2 Å².